The third-order valence-corrected chi connectivity index (χ3v) is 9.81. The maximum absolute atomic E-state index is 14.4. The normalized spacial score (nSPS) is 24.7. The van der Waals surface area contributed by atoms with Gasteiger partial charge in [0.25, 0.3) is 5.91 Å². The first kappa shape index (κ1) is 33.2. The number of phenolic OH excluding ortho intramolecular Hbond substituents is 1. The van der Waals surface area contributed by atoms with Crippen LogP contribution in [0.5, 0.6) is 5.75 Å². The van der Waals surface area contributed by atoms with E-state index in [2.05, 4.69) is 10.6 Å². The number of rotatable bonds is 6. The van der Waals surface area contributed by atoms with E-state index >= 15 is 0 Å². The average Bonchev–Trinajstić information content (AvgIpc) is 3.05. The minimum Gasteiger partial charge on any atom is -0.510 e. The fraction of sp³-hybridized carbons (Fsp3) is 0.306. The van der Waals surface area contributed by atoms with E-state index in [1.54, 1.807) is 46.1 Å². The molecular weight excluding hydrogens is 632 g/mol. The maximum Gasteiger partial charge on any atom is 0.323 e. The van der Waals surface area contributed by atoms with E-state index in [0.717, 1.165) is 10.8 Å². The van der Waals surface area contributed by atoms with Gasteiger partial charge in [-0.25, -0.2) is 4.79 Å². The topological polar surface area (TPSA) is 209 Å². The van der Waals surface area contributed by atoms with Gasteiger partial charge < -0.3 is 36.4 Å². The van der Waals surface area contributed by atoms with Crippen molar-refractivity contribution >= 4 is 57.4 Å². The molecule has 3 aromatic carbocycles. The molecule has 3 amide bonds. The summed E-state index contributed by atoms with van der Waals surface area (Å²) < 4.78 is 5.94. The Hall–Kier alpha value is -5.69. The molecule has 1 fully saturated rings. The number of benzene rings is 3. The van der Waals surface area contributed by atoms with Crippen LogP contribution in [0.4, 0.5) is 16.2 Å². The Labute approximate surface area is 281 Å². The lowest BCUT2D eigenvalue weighted by atomic mass is 9.56. The highest BCUT2D eigenvalue weighted by atomic mass is 16.5. The summed E-state index contributed by atoms with van der Waals surface area (Å²) in [4.78, 5) is 68.0. The number of phenols is 1. The molecule has 6 unspecified atom stereocenters. The van der Waals surface area contributed by atoms with Crippen LogP contribution in [0.25, 0.3) is 16.5 Å². The van der Waals surface area contributed by atoms with E-state index < -0.39 is 88.1 Å². The number of hydrogen-bond acceptors (Lipinski definition) is 10. The summed E-state index contributed by atoms with van der Waals surface area (Å²) in [7, 11) is 3.14. The SMILES string of the molecule is CCC(=O)OC1C2C(=C(O)c3c(ccc(NC(=O)Nc4cccc5ccccc45)c3O)C2C)C(=O)C2C(=O)C(C(N)=O)=C(O)C(N(C)C)C21. The highest BCUT2D eigenvalue weighted by Gasteiger charge is 2.62. The number of nitrogens with zero attached hydrogens (tertiary/aromatic N) is 1. The highest BCUT2D eigenvalue weighted by Crippen LogP contribution is 2.56. The lowest BCUT2D eigenvalue weighted by Crippen LogP contribution is -2.62. The van der Waals surface area contributed by atoms with E-state index in [-0.39, 0.29) is 23.2 Å². The van der Waals surface area contributed by atoms with Crippen LogP contribution < -0.4 is 16.4 Å². The standard InChI is InChI=1S/C36H36N4O9/c1-5-21(41)49-34-22-15(2)17-13-14-20(39-36(48)38-19-12-8-10-16-9-6-7-11-18(16)19)29(42)23(17)30(43)25(22)31(44)26-24(34)28(40(3)4)33(46)27(32(26)45)35(37)47/h6-15,22,24,26,28,34,42-43,46H,5H2,1-4H3,(H2,37,47)(H2,38,39,48). The van der Waals surface area contributed by atoms with Gasteiger partial charge in [-0.1, -0.05) is 56.3 Å². The first-order chi connectivity index (χ1) is 23.3. The Bertz CT molecular complexity index is 2010. The van der Waals surface area contributed by atoms with Crippen molar-refractivity contribution in [2.24, 2.45) is 23.5 Å². The zero-order valence-electron chi connectivity index (χ0n) is 27.2. The molecule has 0 bridgehead atoms. The van der Waals surface area contributed by atoms with Crippen LogP contribution in [0.3, 0.4) is 0 Å². The number of ether oxygens (including phenoxy) is 1. The Balaban J connectivity index is 1.44. The molecule has 1 saturated carbocycles. The number of hydrogen-bond donors (Lipinski definition) is 6. The number of esters is 1. The Morgan fingerprint density at radius 3 is 2.27 bits per heavy atom. The molecule has 6 atom stereocenters. The minimum absolute atomic E-state index is 0.0455. The van der Waals surface area contributed by atoms with E-state index in [9.17, 15) is 39.3 Å². The predicted octanol–water partition coefficient (Wildman–Crippen LogP) is 4.14. The second-order valence-corrected chi connectivity index (χ2v) is 12.7. The largest absolute Gasteiger partial charge is 0.510 e. The number of ketones is 2. The number of nitrogens with one attached hydrogen (secondary N) is 2. The number of Topliss-reactive ketones (excluding diaryl/α,β-unsaturated/α-hetero) is 2. The van der Waals surface area contributed by atoms with E-state index in [4.69, 9.17) is 10.5 Å². The van der Waals surface area contributed by atoms with Crippen LogP contribution >= 0.6 is 0 Å². The Morgan fingerprint density at radius 2 is 1.59 bits per heavy atom. The number of carbonyl (C=O) groups excluding carboxylic acids is 5. The quantitative estimate of drug-likeness (QED) is 0.0957. The lowest BCUT2D eigenvalue weighted by molar-refractivity contribution is -0.166. The van der Waals surface area contributed by atoms with Crippen LogP contribution in [0.1, 0.15) is 37.3 Å². The van der Waals surface area contributed by atoms with Crippen molar-refractivity contribution in [3.8, 4) is 5.75 Å². The number of aromatic hydroxyl groups is 1. The third-order valence-electron chi connectivity index (χ3n) is 9.81. The molecule has 0 aromatic heterocycles. The van der Waals surface area contributed by atoms with Gasteiger partial charge in [-0.15, -0.1) is 0 Å². The summed E-state index contributed by atoms with van der Waals surface area (Å²) in [6.45, 7) is 3.29. The van der Waals surface area contributed by atoms with E-state index in [1.165, 1.54) is 11.0 Å². The van der Waals surface area contributed by atoms with Crippen molar-refractivity contribution in [2.75, 3.05) is 24.7 Å². The van der Waals surface area contributed by atoms with Gasteiger partial charge in [0.15, 0.2) is 11.6 Å². The molecule has 3 aliphatic rings. The van der Waals surface area contributed by atoms with Crippen molar-refractivity contribution in [3.63, 3.8) is 0 Å². The van der Waals surface area contributed by atoms with Gasteiger partial charge in [0.05, 0.1) is 28.9 Å². The number of nitrogens with two attached hydrogens (primary N) is 1. The van der Waals surface area contributed by atoms with Crippen molar-refractivity contribution in [1.82, 2.24) is 4.90 Å². The number of fused-ring (bicyclic) bond motifs is 4. The third kappa shape index (κ3) is 5.26. The van der Waals surface area contributed by atoms with Crippen molar-refractivity contribution in [3.05, 3.63) is 82.6 Å². The molecule has 254 valence electrons. The molecule has 6 rings (SSSR count). The first-order valence-corrected chi connectivity index (χ1v) is 15.8. The minimum atomic E-state index is -1.66. The van der Waals surface area contributed by atoms with Gasteiger partial charge in [-0.05, 0) is 43.1 Å². The number of carbonyl (C=O) groups is 5. The summed E-state index contributed by atoms with van der Waals surface area (Å²) in [6.07, 6.45) is -1.27. The Morgan fingerprint density at radius 1 is 0.918 bits per heavy atom. The molecule has 49 heavy (non-hydrogen) atoms. The number of aliphatic hydroxyl groups is 2. The molecule has 0 saturated heterocycles. The summed E-state index contributed by atoms with van der Waals surface area (Å²) in [6, 6.07) is 14.1. The smallest absolute Gasteiger partial charge is 0.323 e. The van der Waals surface area contributed by atoms with Crippen LogP contribution in [-0.4, -0.2) is 75.9 Å². The van der Waals surface area contributed by atoms with Crippen LogP contribution in [0.15, 0.2) is 71.5 Å². The molecule has 0 heterocycles. The summed E-state index contributed by atoms with van der Waals surface area (Å²) in [5, 5.41) is 41.5. The van der Waals surface area contributed by atoms with Gasteiger partial charge >= 0.3 is 12.0 Å². The van der Waals surface area contributed by atoms with Gasteiger partial charge in [0.1, 0.15) is 28.9 Å². The molecule has 0 aliphatic heterocycles. The number of amides is 3. The number of urea groups is 1. The summed E-state index contributed by atoms with van der Waals surface area (Å²) >= 11 is 0. The van der Waals surface area contributed by atoms with Crippen LogP contribution in [0, 0.1) is 17.8 Å². The molecule has 0 spiro atoms. The second kappa shape index (κ2) is 12.4. The van der Waals surface area contributed by atoms with Crippen molar-refractivity contribution in [1.29, 1.82) is 0 Å². The zero-order chi connectivity index (χ0) is 35.5. The second-order valence-electron chi connectivity index (χ2n) is 12.7. The molecule has 13 nitrogen and oxygen atoms in total. The molecule has 3 aliphatic carbocycles. The molecule has 7 N–H and O–H groups in total. The molecule has 0 radical (unpaired) electrons. The summed E-state index contributed by atoms with van der Waals surface area (Å²) in [5.74, 6) is -10.1. The van der Waals surface area contributed by atoms with Crippen molar-refractivity contribution in [2.45, 2.75) is 38.3 Å². The number of likely N-dealkylation sites (N-methyl/N-ethyl adjacent to an activating group) is 1. The number of primary amides is 1. The highest BCUT2D eigenvalue weighted by molar-refractivity contribution is 6.28. The van der Waals surface area contributed by atoms with Gasteiger partial charge in [0.2, 0.25) is 0 Å². The Kier molecular flexibility index (Phi) is 8.41. The predicted molar refractivity (Wildman–Crippen MR) is 180 cm³/mol. The van der Waals surface area contributed by atoms with Crippen LogP contribution in [-0.2, 0) is 23.9 Å². The fourth-order valence-electron chi connectivity index (χ4n) is 7.67. The monoisotopic (exact) mass is 668 g/mol. The van der Waals surface area contributed by atoms with Gasteiger partial charge in [0, 0.05) is 29.2 Å². The maximum atomic E-state index is 14.4. The molecule has 3 aromatic rings. The lowest BCUT2D eigenvalue weighted by Gasteiger charge is -2.51. The fourth-order valence-corrected chi connectivity index (χ4v) is 7.67. The van der Waals surface area contributed by atoms with Gasteiger partial charge in [-0.2, -0.15) is 0 Å². The molecule has 13 heteroatoms. The van der Waals surface area contributed by atoms with E-state index in [0.29, 0.717) is 11.3 Å². The summed E-state index contributed by atoms with van der Waals surface area (Å²) in [5.41, 5.74) is 5.14. The van der Waals surface area contributed by atoms with Crippen molar-refractivity contribution < 1.29 is 44.0 Å². The van der Waals surface area contributed by atoms with E-state index in [1.807, 2.05) is 30.3 Å². The number of anilines is 2. The average molecular weight is 669 g/mol. The first-order valence-electron chi connectivity index (χ1n) is 15.8. The number of aliphatic hydroxyl groups excluding tert-OH is 2. The molecular formula is C36H36N4O9. The van der Waals surface area contributed by atoms with Gasteiger partial charge in [-0.3, -0.25) is 24.1 Å². The van der Waals surface area contributed by atoms with Crippen LogP contribution in [0.2, 0.25) is 0 Å². The zero-order valence-corrected chi connectivity index (χ0v) is 27.2.